The molecule has 1 aromatic carbocycles. The van der Waals surface area contributed by atoms with Crippen molar-refractivity contribution in [2.24, 2.45) is 0 Å². The molecule has 0 saturated heterocycles. The second kappa shape index (κ2) is 5.40. The quantitative estimate of drug-likeness (QED) is 0.945. The summed E-state index contributed by atoms with van der Waals surface area (Å²) in [6.07, 6.45) is 0. The summed E-state index contributed by atoms with van der Waals surface area (Å²) in [7, 11) is 0. The van der Waals surface area contributed by atoms with Gasteiger partial charge in [-0.1, -0.05) is 30.3 Å². The van der Waals surface area contributed by atoms with Crippen LogP contribution in [-0.4, -0.2) is 15.6 Å². The van der Waals surface area contributed by atoms with Crippen molar-refractivity contribution < 1.29 is 9.90 Å². The first-order chi connectivity index (χ1) is 9.00. The molecule has 1 heterocycles. The maximum atomic E-state index is 12.1. The molecule has 0 unspecified atom stereocenters. The molecule has 5 heteroatoms. The molecule has 0 atom stereocenters. The molecule has 0 bridgehead atoms. The van der Waals surface area contributed by atoms with Crippen LogP contribution in [0.2, 0.25) is 0 Å². The minimum Gasteiger partial charge on any atom is -0.478 e. The standard InChI is InChI=1S/C14H12BrNO3/c1-9-11(14(18)19)7-12(15)13(17)16(9)8-10-5-3-2-4-6-10/h2-7H,8H2,1H3,(H,18,19). The van der Waals surface area contributed by atoms with Crippen molar-refractivity contribution in [3.05, 3.63) is 68.0 Å². The van der Waals surface area contributed by atoms with Crippen molar-refractivity contribution in [2.75, 3.05) is 0 Å². The van der Waals surface area contributed by atoms with E-state index in [0.29, 0.717) is 12.2 Å². The van der Waals surface area contributed by atoms with Gasteiger partial charge in [0.1, 0.15) is 0 Å². The minimum absolute atomic E-state index is 0.127. The Morgan fingerprint density at radius 2 is 1.95 bits per heavy atom. The molecule has 1 aromatic heterocycles. The lowest BCUT2D eigenvalue weighted by atomic mass is 10.1. The number of pyridine rings is 1. The lowest BCUT2D eigenvalue weighted by molar-refractivity contribution is 0.0694. The number of benzene rings is 1. The summed E-state index contributed by atoms with van der Waals surface area (Å²) in [5.74, 6) is -1.04. The van der Waals surface area contributed by atoms with Gasteiger partial charge in [-0.25, -0.2) is 4.79 Å². The second-order valence-electron chi connectivity index (χ2n) is 4.17. The van der Waals surface area contributed by atoms with Gasteiger partial charge in [-0.05, 0) is 34.5 Å². The number of hydrogen-bond donors (Lipinski definition) is 1. The van der Waals surface area contributed by atoms with Gasteiger partial charge in [-0.15, -0.1) is 0 Å². The predicted octanol–water partition coefficient (Wildman–Crippen LogP) is 2.67. The number of carbonyl (C=O) groups is 1. The number of aromatic nitrogens is 1. The molecular weight excluding hydrogens is 310 g/mol. The highest BCUT2D eigenvalue weighted by atomic mass is 79.9. The van der Waals surface area contributed by atoms with Crippen LogP contribution in [-0.2, 0) is 6.54 Å². The zero-order chi connectivity index (χ0) is 14.0. The Hall–Kier alpha value is -1.88. The van der Waals surface area contributed by atoms with E-state index in [9.17, 15) is 9.59 Å². The molecule has 0 radical (unpaired) electrons. The van der Waals surface area contributed by atoms with Crippen molar-refractivity contribution in [2.45, 2.75) is 13.5 Å². The Labute approximate surface area is 118 Å². The molecule has 0 aliphatic carbocycles. The minimum atomic E-state index is -1.04. The summed E-state index contributed by atoms with van der Waals surface area (Å²) >= 11 is 3.12. The van der Waals surface area contributed by atoms with E-state index in [1.165, 1.54) is 10.6 Å². The molecule has 98 valence electrons. The van der Waals surface area contributed by atoms with Crippen LogP contribution in [0.15, 0.2) is 45.7 Å². The van der Waals surface area contributed by atoms with Crippen LogP contribution in [0.4, 0.5) is 0 Å². The largest absolute Gasteiger partial charge is 0.478 e. The number of nitrogens with zero attached hydrogens (tertiary/aromatic N) is 1. The van der Waals surface area contributed by atoms with Crippen LogP contribution >= 0.6 is 15.9 Å². The monoisotopic (exact) mass is 321 g/mol. The van der Waals surface area contributed by atoms with Crippen LogP contribution in [0, 0.1) is 6.92 Å². The zero-order valence-electron chi connectivity index (χ0n) is 10.3. The molecule has 2 rings (SSSR count). The van der Waals surface area contributed by atoms with E-state index in [2.05, 4.69) is 15.9 Å². The molecule has 0 amide bonds. The van der Waals surface area contributed by atoms with E-state index >= 15 is 0 Å². The highest BCUT2D eigenvalue weighted by molar-refractivity contribution is 9.10. The van der Waals surface area contributed by atoms with Gasteiger partial charge >= 0.3 is 5.97 Å². The first kappa shape index (κ1) is 13.5. The van der Waals surface area contributed by atoms with Crippen LogP contribution in [0.25, 0.3) is 0 Å². The number of aromatic carboxylic acids is 1. The molecule has 0 aliphatic heterocycles. The maximum Gasteiger partial charge on any atom is 0.337 e. The molecule has 0 aliphatic rings. The Kier molecular flexibility index (Phi) is 3.85. The van der Waals surface area contributed by atoms with Crippen LogP contribution < -0.4 is 5.56 Å². The molecule has 4 nitrogen and oxygen atoms in total. The van der Waals surface area contributed by atoms with Gasteiger partial charge in [-0.3, -0.25) is 4.79 Å². The number of carboxylic acid groups (broad SMARTS) is 1. The number of halogens is 1. The molecule has 19 heavy (non-hydrogen) atoms. The Morgan fingerprint density at radius 3 is 2.53 bits per heavy atom. The summed E-state index contributed by atoms with van der Waals surface area (Å²) in [6.45, 7) is 1.99. The average molecular weight is 322 g/mol. The normalized spacial score (nSPS) is 10.4. The first-order valence-corrected chi connectivity index (χ1v) is 6.47. The van der Waals surface area contributed by atoms with Crippen LogP contribution in [0.5, 0.6) is 0 Å². The van der Waals surface area contributed by atoms with Gasteiger partial charge < -0.3 is 9.67 Å². The van der Waals surface area contributed by atoms with E-state index in [0.717, 1.165) is 5.56 Å². The fraction of sp³-hybridized carbons (Fsp3) is 0.143. The predicted molar refractivity (Wildman–Crippen MR) is 75.6 cm³/mol. The van der Waals surface area contributed by atoms with Gasteiger partial charge in [0.25, 0.3) is 5.56 Å². The fourth-order valence-electron chi connectivity index (χ4n) is 1.89. The number of rotatable bonds is 3. The zero-order valence-corrected chi connectivity index (χ0v) is 11.8. The molecular formula is C14H12BrNO3. The van der Waals surface area contributed by atoms with Crippen molar-refractivity contribution >= 4 is 21.9 Å². The lowest BCUT2D eigenvalue weighted by Gasteiger charge is -2.13. The Morgan fingerprint density at radius 1 is 1.32 bits per heavy atom. The lowest BCUT2D eigenvalue weighted by Crippen LogP contribution is -2.26. The van der Waals surface area contributed by atoms with Crippen molar-refractivity contribution in [1.82, 2.24) is 4.57 Å². The van der Waals surface area contributed by atoms with Gasteiger partial charge in [-0.2, -0.15) is 0 Å². The van der Waals surface area contributed by atoms with Gasteiger partial charge in [0.15, 0.2) is 0 Å². The van der Waals surface area contributed by atoms with Gasteiger partial charge in [0.05, 0.1) is 16.6 Å². The summed E-state index contributed by atoms with van der Waals surface area (Å²) < 4.78 is 1.72. The maximum absolute atomic E-state index is 12.1. The van der Waals surface area contributed by atoms with Gasteiger partial charge in [0, 0.05) is 5.69 Å². The van der Waals surface area contributed by atoms with E-state index in [1.54, 1.807) is 6.92 Å². The highest BCUT2D eigenvalue weighted by Crippen LogP contribution is 2.14. The summed E-state index contributed by atoms with van der Waals surface area (Å²) in [6, 6.07) is 10.8. The van der Waals surface area contributed by atoms with E-state index in [4.69, 9.17) is 5.11 Å². The fourth-order valence-corrected chi connectivity index (χ4v) is 2.34. The average Bonchev–Trinajstić information content (AvgIpc) is 2.40. The van der Waals surface area contributed by atoms with Gasteiger partial charge in [0.2, 0.25) is 0 Å². The smallest absolute Gasteiger partial charge is 0.337 e. The van der Waals surface area contributed by atoms with Crippen molar-refractivity contribution in [3.8, 4) is 0 Å². The number of carboxylic acids is 1. The summed E-state index contributed by atoms with van der Waals surface area (Å²) in [5.41, 5.74) is 1.29. The molecule has 0 fully saturated rings. The Balaban J connectivity index is 2.56. The van der Waals surface area contributed by atoms with E-state index in [-0.39, 0.29) is 15.6 Å². The number of hydrogen-bond acceptors (Lipinski definition) is 2. The molecule has 0 spiro atoms. The van der Waals surface area contributed by atoms with Crippen LogP contribution in [0.3, 0.4) is 0 Å². The van der Waals surface area contributed by atoms with E-state index < -0.39 is 5.97 Å². The topological polar surface area (TPSA) is 59.3 Å². The van der Waals surface area contributed by atoms with Crippen molar-refractivity contribution in [3.63, 3.8) is 0 Å². The molecule has 2 aromatic rings. The SMILES string of the molecule is Cc1c(C(=O)O)cc(Br)c(=O)n1Cc1ccccc1. The highest BCUT2D eigenvalue weighted by Gasteiger charge is 2.15. The summed E-state index contributed by atoms with van der Waals surface area (Å²) in [5, 5.41) is 9.14. The van der Waals surface area contributed by atoms with E-state index in [1.807, 2.05) is 30.3 Å². The first-order valence-electron chi connectivity index (χ1n) is 5.68. The molecule has 0 saturated carbocycles. The third-order valence-corrected chi connectivity index (χ3v) is 3.50. The second-order valence-corrected chi connectivity index (χ2v) is 5.03. The Bertz CT molecular complexity index is 677. The molecule has 1 N–H and O–H groups in total. The van der Waals surface area contributed by atoms with Crippen LogP contribution in [0.1, 0.15) is 21.6 Å². The third-order valence-electron chi connectivity index (χ3n) is 2.93. The third kappa shape index (κ3) is 2.76. The summed E-state index contributed by atoms with van der Waals surface area (Å²) in [4.78, 5) is 23.2. The van der Waals surface area contributed by atoms with Crippen molar-refractivity contribution in [1.29, 1.82) is 0 Å².